The summed E-state index contributed by atoms with van der Waals surface area (Å²) in [6.45, 7) is 0.245. The summed E-state index contributed by atoms with van der Waals surface area (Å²) in [4.78, 5) is 49.5. The summed E-state index contributed by atoms with van der Waals surface area (Å²) < 4.78 is 0. The molecule has 0 bridgehead atoms. The van der Waals surface area contributed by atoms with Crippen LogP contribution < -0.4 is 10.6 Å². The van der Waals surface area contributed by atoms with Crippen molar-refractivity contribution in [1.82, 2.24) is 10.2 Å². The molecule has 1 atom stereocenters. The number of alkyl halides is 1. The molecule has 0 saturated carbocycles. The molecule has 0 radical (unpaired) electrons. The number of imide groups is 1. The molecular formula is C17H18BrN3O4. The van der Waals surface area contributed by atoms with E-state index in [2.05, 4.69) is 26.6 Å². The van der Waals surface area contributed by atoms with Crippen molar-refractivity contribution in [3.63, 3.8) is 0 Å². The van der Waals surface area contributed by atoms with Crippen molar-refractivity contribution in [3.8, 4) is 0 Å². The predicted octanol–water partition coefficient (Wildman–Crippen LogP) is 1.56. The molecule has 1 fully saturated rings. The number of anilines is 1. The standard InChI is InChI=1S/C17H18BrN3O4/c18-8-2-5-14(22)19-12-4-1-3-10-11(12)9-21(17(10)25)13-6-7-15(23)20-16(13)24/h1,3-4,13H,2,5-9H2,(H,19,22)(H,20,23,24). The van der Waals surface area contributed by atoms with Crippen LogP contribution in [0.5, 0.6) is 0 Å². The average molecular weight is 408 g/mol. The summed E-state index contributed by atoms with van der Waals surface area (Å²) in [6.07, 6.45) is 1.64. The number of halogens is 1. The summed E-state index contributed by atoms with van der Waals surface area (Å²) in [5.41, 5.74) is 1.80. The highest BCUT2D eigenvalue weighted by atomic mass is 79.9. The Kier molecular flexibility index (Phi) is 5.17. The molecule has 2 heterocycles. The number of amides is 4. The third-order valence-electron chi connectivity index (χ3n) is 4.39. The lowest BCUT2D eigenvalue weighted by molar-refractivity contribution is -0.137. The number of hydrogen-bond acceptors (Lipinski definition) is 4. The molecule has 0 aliphatic carbocycles. The Morgan fingerprint density at radius 3 is 2.84 bits per heavy atom. The first-order valence-corrected chi connectivity index (χ1v) is 9.25. The van der Waals surface area contributed by atoms with Gasteiger partial charge in [0.15, 0.2) is 0 Å². The number of benzene rings is 1. The van der Waals surface area contributed by atoms with Crippen LogP contribution in [0, 0.1) is 0 Å². The molecule has 7 nitrogen and oxygen atoms in total. The summed E-state index contributed by atoms with van der Waals surface area (Å²) in [7, 11) is 0. The van der Waals surface area contributed by atoms with Crippen LogP contribution >= 0.6 is 15.9 Å². The second-order valence-electron chi connectivity index (χ2n) is 6.07. The number of carbonyl (C=O) groups excluding carboxylic acids is 4. The van der Waals surface area contributed by atoms with Crippen molar-refractivity contribution in [2.24, 2.45) is 0 Å². The average Bonchev–Trinajstić information content (AvgIpc) is 2.91. The van der Waals surface area contributed by atoms with E-state index >= 15 is 0 Å². The van der Waals surface area contributed by atoms with Crippen LogP contribution in [0.15, 0.2) is 18.2 Å². The van der Waals surface area contributed by atoms with Crippen LogP contribution in [0.25, 0.3) is 0 Å². The van der Waals surface area contributed by atoms with Crippen LogP contribution in [0.1, 0.15) is 41.6 Å². The predicted molar refractivity (Wildman–Crippen MR) is 94.1 cm³/mol. The lowest BCUT2D eigenvalue weighted by atomic mass is 10.0. The summed E-state index contributed by atoms with van der Waals surface area (Å²) in [6, 6.07) is 4.50. The molecule has 3 rings (SSSR count). The zero-order chi connectivity index (χ0) is 18.0. The number of carbonyl (C=O) groups is 4. The number of piperidine rings is 1. The van der Waals surface area contributed by atoms with Gasteiger partial charge in [0, 0.05) is 41.5 Å². The first-order chi connectivity index (χ1) is 12.0. The molecule has 1 aromatic carbocycles. The van der Waals surface area contributed by atoms with Crippen LogP contribution in [0.4, 0.5) is 5.69 Å². The van der Waals surface area contributed by atoms with Crippen molar-refractivity contribution in [3.05, 3.63) is 29.3 Å². The van der Waals surface area contributed by atoms with E-state index in [1.165, 1.54) is 4.90 Å². The summed E-state index contributed by atoms with van der Waals surface area (Å²) >= 11 is 3.29. The molecular weight excluding hydrogens is 390 g/mol. The Bertz CT molecular complexity index is 749. The minimum atomic E-state index is -0.658. The Hall–Kier alpha value is -2.22. The van der Waals surface area contributed by atoms with E-state index in [4.69, 9.17) is 0 Å². The van der Waals surface area contributed by atoms with Gasteiger partial charge < -0.3 is 10.2 Å². The highest BCUT2D eigenvalue weighted by Crippen LogP contribution is 2.32. The van der Waals surface area contributed by atoms with Crippen LogP contribution in [-0.4, -0.2) is 39.9 Å². The van der Waals surface area contributed by atoms with E-state index < -0.39 is 11.9 Å². The first-order valence-electron chi connectivity index (χ1n) is 8.13. The smallest absolute Gasteiger partial charge is 0.255 e. The van der Waals surface area contributed by atoms with Crippen molar-refractivity contribution in [2.45, 2.75) is 38.3 Å². The van der Waals surface area contributed by atoms with Crippen molar-refractivity contribution < 1.29 is 19.2 Å². The minimum Gasteiger partial charge on any atom is -0.326 e. The van der Waals surface area contributed by atoms with Gasteiger partial charge in [-0.1, -0.05) is 22.0 Å². The van der Waals surface area contributed by atoms with E-state index in [-0.39, 0.29) is 30.7 Å². The monoisotopic (exact) mass is 407 g/mol. The minimum absolute atomic E-state index is 0.111. The van der Waals surface area contributed by atoms with Crippen molar-refractivity contribution in [2.75, 3.05) is 10.6 Å². The Labute approximate surface area is 153 Å². The summed E-state index contributed by atoms with van der Waals surface area (Å²) in [5.74, 6) is -1.12. The molecule has 4 amide bonds. The van der Waals surface area contributed by atoms with Gasteiger partial charge in [0.25, 0.3) is 5.91 Å². The number of fused-ring (bicyclic) bond motifs is 1. The van der Waals surface area contributed by atoms with E-state index in [9.17, 15) is 19.2 Å². The van der Waals surface area contributed by atoms with Gasteiger partial charge in [0.2, 0.25) is 17.7 Å². The Morgan fingerprint density at radius 2 is 2.12 bits per heavy atom. The topological polar surface area (TPSA) is 95.6 Å². The first kappa shape index (κ1) is 17.6. The second-order valence-corrected chi connectivity index (χ2v) is 6.87. The number of rotatable bonds is 5. The molecule has 2 aliphatic heterocycles. The fraction of sp³-hybridized carbons (Fsp3) is 0.412. The Morgan fingerprint density at radius 1 is 1.32 bits per heavy atom. The summed E-state index contributed by atoms with van der Waals surface area (Å²) in [5, 5.41) is 5.87. The largest absolute Gasteiger partial charge is 0.326 e. The van der Waals surface area contributed by atoms with Crippen molar-refractivity contribution >= 4 is 45.2 Å². The maximum absolute atomic E-state index is 12.7. The van der Waals surface area contributed by atoms with Gasteiger partial charge in [-0.3, -0.25) is 24.5 Å². The quantitative estimate of drug-likeness (QED) is 0.571. The van der Waals surface area contributed by atoms with E-state index in [0.717, 1.165) is 11.8 Å². The van der Waals surface area contributed by atoms with Gasteiger partial charge in [-0.05, 0) is 25.0 Å². The molecule has 0 aromatic heterocycles. The van der Waals surface area contributed by atoms with Crippen LogP contribution in [0.3, 0.4) is 0 Å². The van der Waals surface area contributed by atoms with Gasteiger partial charge in [-0.15, -0.1) is 0 Å². The molecule has 0 spiro atoms. The van der Waals surface area contributed by atoms with Crippen molar-refractivity contribution in [1.29, 1.82) is 0 Å². The molecule has 1 aromatic rings. The lowest BCUT2D eigenvalue weighted by Crippen LogP contribution is -2.52. The molecule has 2 aliphatic rings. The highest BCUT2D eigenvalue weighted by Gasteiger charge is 2.39. The van der Waals surface area contributed by atoms with Gasteiger partial charge >= 0.3 is 0 Å². The Balaban J connectivity index is 1.79. The molecule has 25 heavy (non-hydrogen) atoms. The zero-order valence-corrected chi connectivity index (χ0v) is 15.1. The molecule has 2 N–H and O–H groups in total. The van der Waals surface area contributed by atoms with Gasteiger partial charge in [-0.25, -0.2) is 0 Å². The fourth-order valence-corrected chi connectivity index (χ4v) is 3.42. The number of hydrogen-bond donors (Lipinski definition) is 2. The SMILES string of the molecule is O=C1CCC(N2Cc3c(NC(=O)CCCBr)cccc3C2=O)C(=O)N1. The second kappa shape index (κ2) is 7.35. The lowest BCUT2D eigenvalue weighted by Gasteiger charge is -2.29. The van der Waals surface area contributed by atoms with Crippen LogP contribution in [0.2, 0.25) is 0 Å². The van der Waals surface area contributed by atoms with Gasteiger partial charge in [0.1, 0.15) is 6.04 Å². The number of nitrogens with zero attached hydrogens (tertiary/aromatic N) is 1. The molecule has 8 heteroatoms. The fourth-order valence-electron chi connectivity index (χ4n) is 3.14. The normalized spacial score (nSPS) is 19.6. The van der Waals surface area contributed by atoms with Gasteiger partial charge in [-0.2, -0.15) is 0 Å². The van der Waals surface area contributed by atoms with Crippen LogP contribution in [-0.2, 0) is 20.9 Å². The maximum atomic E-state index is 12.7. The zero-order valence-electron chi connectivity index (χ0n) is 13.5. The molecule has 1 saturated heterocycles. The third-order valence-corrected chi connectivity index (χ3v) is 4.95. The third kappa shape index (κ3) is 3.58. The van der Waals surface area contributed by atoms with E-state index in [0.29, 0.717) is 29.7 Å². The molecule has 1 unspecified atom stereocenters. The highest BCUT2D eigenvalue weighted by molar-refractivity contribution is 9.09. The van der Waals surface area contributed by atoms with E-state index in [1.807, 2.05) is 0 Å². The van der Waals surface area contributed by atoms with Gasteiger partial charge in [0.05, 0.1) is 0 Å². The molecule has 132 valence electrons. The van der Waals surface area contributed by atoms with E-state index in [1.54, 1.807) is 18.2 Å². The number of nitrogens with one attached hydrogen (secondary N) is 2. The maximum Gasteiger partial charge on any atom is 0.255 e.